The van der Waals surface area contributed by atoms with Crippen LogP contribution in [0.3, 0.4) is 0 Å². The predicted octanol–water partition coefficient (Wildman–Crippen LogP) is 0.344. The highest BCUT2D eigenvalue weighted by atomic mass is 16.6. The maximum atomic E-state index is 10.7. The molecule has 0 bridgehead atoms. The van der Waals surface area contributed by atoms with Gasteiger partial charge in [0, 0.05) is 6.61 Å². The summed E-state index contributed by atoms with van der Waals surface area (Å²) in [4.78, 5) is 3.82. The van der Waals surface area contributed by atoms with E-state index in [1.54, 1.807) is 0 Å². The average molecular weight is 176 g/mol. The third-order valence-corrected chi connectivity index (χ3v) is 2.00. The van der Waals surface area contributed by atoms with E-state index < -0.39 is 6.08 Å². The lowest BCUT2D eigenvalue weighted by Crippen LogP contribution is -2.16. The highest BCUT2D eigenvalue weighted by Gasteiger charge is 2.10. The molecule has 1 aliphatic heterocycles. The molecule has 1 atom stereocenters. The van der Waals surface area contributed by atoms with Crippen LogP contribution in [0, 0.1) is 0 Å². The molecular weight excluding hydrogens is 166 g/mol. The second-order valence-corrected chi connectivity index (χ2v) is 3.05. The molecular formula is C10H10NO2-. The van der Waals surface area contributed by atoms with E-state index in [0.717, 1.165) is 6.42 Å². The van der Waals surface area contributed by atoms with Crippen molar-refractivity contribution in [3.63, 3.8) is 0 Å². The Morgan fingerprint density at radius 3 is 2.77 bits per heavy atom. The van der Waals surface area contributed by atoms with Crippen LogP contribution in [0.5, 0.6) is 0 Å². The van der Waals surface area contributed by atoms with Gasteiger partial charge in [-0.1, -0.05) is 30.3 Å². The van der Waals surface area contributed by atoms with Crippen molar-refractivity contribution in [3.05, 3.63) is 35.9 Å². The Morgan fingerprint density at radius 1 is 1.38 bits per heavy atom. The highest BCUT2D eigenvalue weighted by Crippen LogP contribution is 2.09. The van der Waals surface area contributed by atoms with Crippen LogP contribution in [0.25, 0.3) is 0 Å². The van der Waals surface area contributed by atoms with Gasteiger partial charge in [-0.25, -0.2) is 0 Å². The minimum absolute atomic E-state index is 0.00917. The molecule has 1 aromatic carbocycles. The second kappa shape index (κ2) is 3.47. The summed E-state index contributed by atoms with van der Waals surface area (Å²) in [5, 5.41) is 10.7. The first-order valence-corrected chi connectivity index (χ1v) is 4.26. The molecule has 0 saturated carbocycles. The van der Waals surface area contributed by atoms with E-state index in [2.05, 4.69) is 4.99 Å². The first kappa shape index (κ1) is 8.10. The normalized spacial score (nSPS) is 20.9. The van der Waals surface area contributed by atoms with Crippen molar-refractivity contribution in [1.29, 1.82) is 0 Å². The monoisotopic (exact) mass is 176 g/mol. The molecule has 0 saturated heterocycles. The van der Waals surface area contributed by atoms with Gasteiger partial charge in [-0.3, -0.25) is 4.99 Å². The largest absolute Gasteiger partial charge is 0.598 e. The van der Waals surface area contributed by atoms with E-state index in [9.17, 15) is 5.11 Å². The van der Waals surface area contributed by atoms with Gasteiger partial charge in [-0.15, -0.1) is 0 Å². The zero-order chi connectivity index (χ0) is 9.10. The lowest BCUT2D eigenvalue weighted by Gasteiger charge is -2.07. The summed E-state index contributed by atoms with van der Waals surface area (Å²) in [6.45, 7) is 0.424. The highest BCUT2D eigenvalue weighted by molar-refractivity contribution is 5.63. The van der Waals surface area contributed by atoms with Gasteiger partial charge in [0.15, 0.2) is 0 Å². The number of rotatable bonds is 2. The number of nitrogens with zero attached hydrogens (tertiary/aromatic N) is 1. The third kappa shape index (κ3) is 1.99. The number of hydrogen-bond donors (Lipinski definition) is 0. The van der Waals surface area contributed by atoms with Crippen molar-refractivity contribution in [2.75, 3.05) is 6.61 Å². The van der Waals surface area contributed by atoms with Gasteiger partial charge in [0.1, 0.15) is 6.08 Å². The van der Waals surface area contributed by atoms with Gasteiger partial charge >= 0.3 is 0 Å². The molecule has 0 aliphatic carbocycles. The van der Waals surface area contributed by atoms with Crippen molar-refractivity contribution in [1.82, 2.24) is 0 Å². The molecule has 0 N–H and O–H groups in total. The first-order valence-electron chi connectivity index (χ1n) is 4.26. The van der Waals surface area contributed by atoms with Gasteiger partial charge in [0.25, 0.3) is 0 Å². The standard InChI is InChI=1S/C10H11NO2/c12-10-11-9(7-13-10)6-8-4-2-1-3-5-8/h1-5,9H,6-7H2,(H,11,12)/p-1/t9-/m0/s1. The lowest BCUT2D eigenvalue weighted by molar-refractivity contribution is -0.246. The molecule has 1 aromatic rings. The number of aliphatic imine (C=N–C) groups is 1. The third-order valence-electron chi connectivity index (χ3n) is 2.00. The van der Waals surface area contributed by atoms with Crippen molar-refractivity contribution < 1.29 is 9.84 Å². The maximum absolute atomic E-state index is 10.7. The van der Waals surface area contributed by atoms with Crippen LogP contribution in [0.1, 0.15) is 5.56 Å². The molecule has 0 radical (unpaired) electrons. The summed E-state index contributed by atoms with van der Waals surface area (Å²) in [5.74, 6) is 0. The topological polar surface area (TPSA) is 44.7 Å². The number of benzene rings is 1. The Labute approximate surface area is 76.7 Å². The second-order valence-electron chi connectivity index (χ2n) is 3.05. The van der Waals surface area contributed by atoms with Gasteiger partial charge in [-0.2, -0.15) is 0 Å². The van der Waals surface area contributed by atoms with Crippen LogP contribution >= 0.6 is 0 Å². The average Bonchev–Trinajstić information content (AvgIpc) is 2.53. The van der Waals surface area contributed by atoms with E-state index in [1.165, 1.54) is 5.56 Å². The minimum atomic E-state index is -0.430. The summed E-state index contributed by atoms with van der Waals surface area (Å²) in [5.41, 5.74) is 1.19. The van der Waals surface area contributed by atoms with E-state index >= 15 is 0 Å². The van der Waals surface area contributed by atoms with E-state index in [4.69, 9.17) is 4.74 Å². The molecule has 1 aliphatic rings. The summed E-state index contributed by atoms with van der Waals surface area (Å²) >= 11 is 0. The Balaban J connectivity index is 2.00. The molecule has 0 aromatic heterocycles. The van der Waals surface area contributed by atoms with Crippen molar-refractivity contribution >= 4 is 6.08 Å². The Bertz CT molecular complexity index is 308. The molecule has 0 spiro atoms. The molecule has 3 nitrogen and oxygen atoms in total. The summed E-state index contributed by atoms with van der Waals surface area (Å²) < 4.78 is 4.73. The smallest absolute Gasteiger partial charge is 0.145 e. The SMILES string of the molecule is [O-]C1=N[C@@H](Cc2ccccc2)CO1. The van der Waals surface area contributed by atoms with Crippen molar-refractivity contribution in [2.24, 2.45) is 4.99 Å². The van der Waals surface area contributed by atoms with Gasteiger partial charge in [-0.05, 0) is 12.0 Å². The molecule has 2 rings (SSSR count). The molecule has 0 unspecified atom stereocenters. The Hall–Kier alpha value is -1.51. The fraction of sp³-hybridized carbons (Fsp3) is 0.300. The van der Waals surface area contributed by atoms with Crippen molar-refractivity contribution in [2.45, 2.75) is 12.5 Å². The zero-order valence-corrected chi connectivity index (χ0v) is 7.14. The molecule has 0 amide bonds. The van der Waals surface area contributed by atoms with Crippen LogP contribution in [-0.2, 0) is 11.2 Å². The number of hydrogen-bond acceptors (Lipinski definition) is 3. The molecule has 1 heterocycles. The van der Waals surface area contributed by atoms with Gasteiger partial charge in [0.05, 0.1) is 6.04 Å². The van der Waals surface area contributed by atoms with Crippen molar-refractivity contribution in [3.8, 4) is 0 Å². The molecule has 0 fully saturated rings. The van der Waals surface area contributed by atoms with Crippen LogP contribution in [-0.4, -0.2) is 18.7 Å². The van der Waals surface area contributed by atoms with Crippen LogP contribution in [0.15, 0.2) is 35.3 Å². The van der Waals surface area contributed by atoms with Gasteiger partial charge in [0.2, 0.25) is 0 Å². The quantitative estimate of drug-likeness (QED) is 0.652. The zero-order valence-electron chi connectivity index (χ0n) is 7.14. The number of ether oxygens (including phenoxy) is 1. The Morgan fingerprint density at radius 2 is 2.15 bits per heavy atom. The fourth-order valence-corrected chi connectivity index (χ4v) is 1.38. The molecule has 13 heavy (non-hydrogen) atoms. The van der Waals surface area contributed by atoms with E-state index in [0.29, 0.717) is 6.61 Å². The maximum Gasteiger partial charge on any atom is 0.145 e. The fourth-order valence-electron chi connectivity index (χ4n) is 1.38. The van der Waals surface area contributed by atoms with Crippen LogP contribution < -0.4 is 5.11 Å². The molecule has 68 valence electrons. The van der Waals surface area contributed by atoms with E-state index in [-0.39, 0.29) is 6.04 Å². The summed E-state index contributed by atoms with van der Waals surface area (Å²) in [7, 11) is 0. The minimum Gasteiger partial charge on any atom is -0.598 e. The predicted molar refractivity (Wildman–Crippen MR) is 47.3 cm³/mol. The lowest BCUT2D eigenvalue weighted by atomic mass is 10.1. The summed E-state index contributed by atoms with van der Waals surface area (Å²) in [6.07, 6.45) is 0.355. The Kier molecular flexibility index (Phi) is 2.17. The van der Waals surface area contributed by atoms with Gasteiger partial charge < -0.3 is 9.84 Å². The van der Waals surface area contributed by atoms with Crippen LogP contribution in [0.4, 0.5) is 0 Å². The first-order chi connectivity index (χ1) is 6.34. The van der Waals surface area contributed by atoms with E-state index in [1.807, 2.05) is 30.3 Å². The summed E-state index contributed by atoms with van der Waals surface area (Å²) in [6, 6.07) is 9.99. The van der Waals surface area contributed by atoms with Crippen LogP contribution in [0.2, 0.25) is 0 Å². The molecule has 3 heteroatoms.